The summed E-state index contributed by atoms with van der Waals surface area (Å²) in [5.74, 6) is -0.0218. The van der Waals surface area contributed by atoms with Crippen molar-refractivity contribution in [3.05, 3.63) is 81.8 Å². The van der Waals surface area contributed by atoms with E-state index in [0.29, 0.717) is 17.1 Å². The van der Waals surface area contributed by atoms with Crippen LogP contribution in [0.3, 0.4) is 0 Å². The molecule has 0 bridgehead atoms. The minimum Gasteiger partial charge on any atom is -0.457 e. The van der Waals surface area contributed by atoms with Gasteiger partial charge in [0.15, 0.2) is 6.61 Å². The highest BCUT2D eigenvalue weighted by atomic mass is 79.9. The van der Waals surface area contributed by atoms with Crippen LogP contribution in [-0.2, 0) is 19.1 Å². The maximum absolute atomic E-state index is 12.2. The van der Waals surface area contributed by atoms with Crippen molar-refractivity contribution in [2.24, 2.45) is 0 Å². The predicted octanol–water partition coefficient (Wildman–Crippen LogP) is 6.07. The fourth-order valence-electron chi connectivity index (χ4n) is 3.13. The third kappa shape index (κ3) is 8.26. The lowest BCUT2D eigenvalue weighted by molar-refractivity contribution is -0.147. The van der Waals surface area contributed by atoms with Crippen molar-refractivity contribution < 1.29 is 23.9 Å². The lowest BCUT2D eigenvalue weighted by Gasteiger charge is -2.10. The molecule has 2 N–H and O–H groups in total. The SMILES string of the molecule is Cc1ccc(Oc2ccc(NC(=O)CCC(=O)OCC(=O)Nc3ccc(Br)cc3C)cc2)cc1C. The van der Waals surface area contributed by atoms with Gasteiger partial charge < -0.3 is 20.1 Å². The molecule has 0 unspecified atom stereocenters. The zero-order valence-electron chi connectivity index (χ0n) is 19.8. The number of benzene rings is 3. The van der Waals surface area contributed by atoms with E-state index < -0.39 is 18.5 Å². The number of hydrogen-bond donors (Lipinski definition) is 2. The minimum absolute atomic E-state index is 0.0623. The van der Waals surface area contributed by atoms with E-state index >= 15 is 0 Å². The van der Waals surface area contributed by atoms with Gasteiger partial charge in [-0.15, -0.1) is 0 Å². The molecule has 0 radical (unpaired) electrons. The second-order valence-corrected chi connectivity index (χ2v) is 9.00. The molecule has 0 aliphatic carbocycles. The maximum atomic E-state index is 12.2. The van der Waals surface area contributed by atoms with Gasteiger partial charge in [-0.1, -0.05) is 22.0 Å². The quantitative estimate of drug-likeness (QED) is 0.322. The fourth-order valence-corrected chi connectivity index (χ4v) is 3.61. The van der Waals surface area contributed by atoms with E-state index in [9.17, 15) is 14.4 Å². The smallest absolute Gasteiger partial charge is 0.306 e. The monoisotopic (exact) mass is 538 g/mol. The molecule has 0 saturated carbocycles. The Labute approximate surface area is 213 Å². The summed E-state index contributed by atoms with van der Waals surface area (Å²) in [6, 6.07) is 18.3. The molecule has 182 valence electrons. The van der Waals surface area contributed by atoms with Crippen LogP contribution in [0.5, 0.6) is 11.5 Å². The van der Waals surface area contributed by atoms with Crippen molar-refractivity contribution in [2.45, 2.75) is 33.6 Å². The van der Waals surface area contributed by atoms with Crippen LogP contribution in [0, 0.1) is 20.8 Å². The molecule has 2 amide bonds. The Hall–Kier alpha value is -3.65. The first kappa shape index (κ1) is 26.0. The van der Waals surface area contributed by atoms with E-state index in [1.165, 1.54) is 5.56 Å². The summed E-state index contributed by atoms with van der Waals surface area (Å²) < 4.78 is 11.7. The molecule has 35 heavy (non-hydrogen) atoms. The molecule has 0 heterocycles. The number of hydrogen-bond acceptors (Lipinski definition) is 5. The second kappa shape index (κ2) is 12.2. The van der Waals surface area contributed by atoms with Gasteiger partial charge >= 0.3 is 5.97 Å². The van der Waals surface area contributed by atoms with Gasteiger partial charge in [0.05, 0.1) is 6.42 Å². The van der Waals surface area contributed by atoms with E-state index in [1.807, 2.05) is 45.0 Å². The Morgan fingerprint density at radius 2 is 1.46 bits per heavy atom. The van der Waals surface area contributed by atoms with Gasteiger partial charge in [-0.2, -0.15) is 0 Å². The van der Waals surface area contributed by atoms with Gasteiger partial charge in [-0.3, -0.25) is 14.4 Å². The van der Waals surface area contributed by atoms with Crippen molar-refractivity contribution in [1.82, 2.24) is 0 Å². The molecule has 0 saturated heterocycles. The zero-order valence-corrected chi connectivity index (χ0v) is 21.4. The molecule has 0 fully saturated rings. The minimum atomic E-state index is -0.625. The molecule has 3 aromatic rings. The topological polar surface area (TPSA) is 93.7 Å². The Morgan fingerprint density at radius 1 is 0.743 bits per heavy atom. The van der Waals surface area contributed by atoms with Crippen LogP contribution in [-0.4, -0.2) is 24.4 Å². The molecule has 0 aliphatic heterocycles. The van der Waals surface area contributed by atoms with Crippen molar-refractivity contribution >= 4 is 45.1 Å². The predicted molar refractivity (Wildman–Crippen MR) is 139 cm³/mol. The van der Waals surface area contributed by atoms with Crippen molar-refractivity contribution in [2.75, 3.05) is 17.2 Å². The first-order valence-electron chi connectivity index (χ1n) is 11.1. The van der Waals surface area contributed by atoms with Crippen molar-refractivity contribution in [1.29, 1.82) is 0 Å². The van der Waals surface area contributed by atoms with E-state index in [0.717, 1.165) is 21.3 Å². The zero-order chi connectivity index (χ0) is 25.4. The normalized spacial score (nSPS) is 10.4. The highest BCUT2D eigenvalue weighted by Gasteiger charge is 2.12. The van der Waals surface area contributed by atoms with E-state index in [-0.39, 0.29) is 18.7 Å². The molecular formula is C27H27BrN2O5. The number of carbonyl (C=O) groups is 3. The number of esters is 1. The molecule has 7 nitrogen and oxygen atoms in total. The number of ether oxygens (including phenoxy) is 2. The number of anilines is 2. The summed E-state index contributed by atoms with van der Waals surface area (Å²) >= 11 is 3.36. The van der Waals surface area contributed by atoms with Gasteiger partial charge in [0, 0.05) is 22.3 Å². The lowest BCUT2D eigenvalue weighted by atomic mass is 10.1. The summed E-state index contributed by atoms with van der Waals surface area (Å²) in [5.41, 5.74) is 4.43. The summed E-state index contributed by atoms with van der Waals surface area (Å²) in [4.78, 5) is 36.1. The molecule has 8 heteroatoms. The van der Waals surface area contributed by atoms with Crippen LogP contribution >= 0.6 is 15.9 Å². The number of halogens is 1. The summed E-state index contributed by atoms with van der Waals surface area (Å²) in [5, 5.41) is 5.42. The van der Waals surface area contributed by atoms with Crippen LogP contribution in [0.25, 0.3) is 0 Å². The number of nitrogens with one attached hydrogen (secondary N) is 2. The van der Waals surface area contributed by atoms with Crippen LogP contribution in [0.15, 0.2) is 65.1 Å². The molecule has 0 aliphatic rings. The van der Waals surface area contributed by atoms with Gasteiger partial charge in [0.2, 0.25) is 5.91 Å². The average Bonchev–Trinajstić information content (AvgIpc) is 2.82. The summed E-state index contributed by atoms with van der Waals surface area (Å²) in [6.45, 7) is 5.50. The molecule has 0 aromatic heterocycles. The average molecular weight is 539 g/mol. The Bertz CT molecular complexity index is 1220. The second-order valence-electron chi connectivity index (χ2n) is 8.09. The van der Waals surface area contributed by atoms with E-state index in [2.05, 4.69) is 26.6 Å². The van der Waals surface area contributed by atoms with Crippen LogP contribution in [0.2, 0.25) is 0 Å². The van der Waals surface area contributed by atoms with Gasteiger partial charge in [-0.25, -0.2) is 0 Å². The first-order chi connectivity index (χ1) is 16.7. The van der Waals surface area contributed by atoms with Gasteiger partial charge in [-0.05, 0) is 92.1 Å². The van der Waals surface area contributed by atoms with Crippen molar-refractivity contribution in [3.63, 3.8) is 0 Å². The summed E-state index contributed by atoms with van der Waals surface area (Å²) in [6.07, 6.45) is -0.197. The molecule has 0 spiro atoms. The molecule has 0 atom stereocenters. The van der Waals surface area contributed by atoms with Crippen LogP contribution < -0.4 is 15.4 Å². The summed E-state index contributed by atoms with van der Waals surface area (Å²) in [7, 11) is 0. The highest BCUT2D eigenvalue weighted by Crippen LogP contribution is 2.25. The highest BCUT2D eigenvalue weighted by molar-refractivity contribution is 9.10. The Kier molecular flexibility index (Phi) is 9.03. The number of amides is 2. The first-order valence-corrected chi connectivity index (χ1v) is 11.9. The number of carbonyl (C=O) groups excluding carboxylic acids is 3. The maximum Gasteiger partial charge on any atom is 0.306 e. The van der Waals surface area contributed by atoms with Gasteiger partial charge in [0.1, 0.15) is 11.5 Å². The number of aryl methyl sites for hydroxylation is 3. The lowest BCUT2D eigenvalue weighted by Crippen LogP contribution is -2.22. The Morgan fingerprint density at radius 3 is 2.14 bits per heavy atom. The molecule has 3 aromatic carbocycles. The van der Waals surface area contributed by atoms with Crippen LogP contribution in [0.1, 0.15) is 29.5 Å². The standard InChI is InChI=1S/C27H27BrN2O5/c1-17-4-8-23(15-18(17)2)35-22-9-6-21(7-10-22)29-25(31)12-13-27(33)34-16-26(32)30-24-11-5-20(28)14-19(24)3/h4-11,14-15H,12-13,16H2,1-3H3,(H,29,31)(H,30,32). The fraction of sp³-hybridized carbons (Fsp3) is 0.222. The molecular weight excluding hydrogens is 512 g/mol. The Balaban J connectivity index is 1.38. The van der Waals surface area contributed by atoms with Crippen molar-refractivity contribution in [3.8, 4) is 11.5 Å². The van der Waals surface area contributed by atoms with E-state index in [4.69, 9.17) is 9.47 Å². The molecule has 3 rings (SSSR count). The third-order valence-corrected chi connectivity index (χ3v) is 5.73. The largest absolute Gasteiger partial charge is 0.457 e. The van der Waals surface area contributed by atoms with Crippen LogP contribution in [0.4, 0.5) is 11.4 Å². The number of rotatable bonds is 9. The third-order valence-electron chi connectivity index (χ3n) is 5.24. The van der Waals surface area contributed by atoms with Gasteiger partial charge in [0.25, 0.3) is 5.91 Å². The van der Waals surface area contributed by atoms with E-state index in [1.54, 1.807) is 36.4 Å².